The van der Waals surface area contributed by atoms with E-state index in [-0.39, 0.29) is 5.91 Å². The predicted molar refractivity (Wildman–Crippen MR) is 125 cm³/mol. The molecule has 1 N–H and O–H groups in total. The third kappa shape index (κ3) is 5.73. The molecular weight excluding hydrogens is 477 g/mol. The number of ether oxygens (including phenoxy) is 2. The molecule has 150 valence electrons. The SMILES string of the molecule is CCOc1c(I)cc(C(=O)Nc2ccc(CC)cc2)cc1OCc1ccccc1. The number of aryl methyl sites for hydroxylation is 1. The van der Waals surface area contributed by atoms with Gasteiger partial charge < -0.3 is 14.8 Å². The minimum absolute atomic E-state index is 0.181. The van der Waals surface area contributed by atoms with E-state index < -0.39 is 0 Å². The molecule has 0 aliphatic carbocycles. The van der Waals surface area contributed by atoms with E-state index in [0.717, 1.165) is 21.2 Å². The first-order chi connectivity index (χ1) is 14.1. The van der Waals surface area contributed by atoms with E-state index in [9.17, 15) is 4.79 Å². The maximum absolute atomic E-state index is 12.8. The summed E-state index contributed by atoms with van der Waals surface area (Å²) >= 11 is 2.18. The topological polar surface area (TPSA) is 47.6 Å². The molecule has 4 nitrogen and oxygen atoms in total. The maximum atomic E-state index is 12.8. The summed E-state index contributed by atoms with van der Waals surface area (Å²) in [5.74, 6) is 1.04. The van der Waals surface area contributed by atoms with Crippen LogP contribution in [0.2, 0.25) is 0 Å². The van der Waals surface area contributed by atoms with Crippen molar-refractivity contribution in [1.82, 2.24) is 0 Å². The molecule has 0 fully saturated rings. The number of carbonyl (C=O) groups excluding carboxylic acids is 1. The van der Waals surface area contributed by atoms with Gasteiger partial charge in [0.1, 0.15) is 6.61 Å². The molecule has 0 heterocycles. The van der Waals surface area contributed by atoms with Crippen LogP contribution in [0.15, 0.2) is 66.7 Å². The molecule has 0 bridgehead atoms. The van der Waals surface area contributed by atoms with Crippen molar-refractivity contribution in [3.05, 3.63) is 87.0 Å². The molecule has 0 saturated heterocycles. The van der Waals surface area contributed by atoms with Crippen molar-refractivity contribution < 1.29 is 14.3 Å². The highest BCUT2D eigenvalue weighted by atomic mass is 127. The van der Waals surface area contributed by atoms with Gasteiger partial charge in [-0.15, -0.1) is 0 Å². The second-order valence-electron chi connectivity index (χ2n) is 6.50. The fourth-order valence-electron chi connectivity index (χ4n) is 2.85. The Hall–Kier alpha value is -2.54. The number of halogens is 1. The van der Waals surface area contributed by atoms with Crippen molar-refractivity contribution >= 4 is 34.2 Å². The smallest absolute Gasteiger partial charge is 0.255 e. The van der Waals surface area contributed by atoms with E-state index in [2.05, 4.69) is 34.8 Å². The summed E-state index contributed by atoms with van der Waals surface area (Å²) in [5.41, 5.74) is 3.58. The zero-order valence-corrected chi connectivity index (χ0v) is 18.7. The molecule has 3 rings (SSSR count). The van der Waals surface area contributed by atoms with Crippen LogP contribution in [-0.2, 0) is 13.0 Å². The number of rotatable bonds is 8. The number of hydrogen-bond donors (Lipinski definition) is 1. The highest BCUT2D eigenvalue weighted by molar-refractivity contribution is 14.1. The Morgan fingerprint density at radius 1 is 0.931 bits per heavy atom. The second-order valence-corrected chi connectivity index (χ2v) is 7.66. The second kappa shape index (κ2) is 10.3. The van der Waals surface area contributed by atoms with Crippen LogP contribution < -0.4 is 14.8 Å². The predicted octanol–water partition coefficient (Wildman–Crippen LogP) is 6.08. The Morgan fingerprint density at radius 3 is 2.31 bits per heavy atom. The van der Waals surface area contributed by atoms with Gasteiger partial charge in [-0.25, -0.2) is 0 Å². The van der Waals surface area contributed by atoms with E-state index in [4.69, 9.17) is 9.47 Å². The van der Waals surface area contributed by atoms with Crippen LogP contribution in [0, 0.1) is 3.57 Å². The summed E-state index contributed by atoms with van der Waals surface area (Å²) in [7, 11) is 0. The van der Waals surface area contributed by atoms with Crippen molar-refractivity contribution in [3.63, 3.8) is 0 Å². The van der Waals surface area contributed by atoms with Crippen LogP contribution in [0.3, 0.4) is 0 Å². The lowest BCUT2D eigenvalue weighted by molar-refractivity contribution is 0.102. The van der Waals surface area contributed by atoms with Crippen molar-refractivity contribution in [2.24, 2.45) is 0 Å². The van der Waals surface area contributed by atoms with E-state index in [1.54, 1.807) is 6.07 Å². The third-order valence-electron chi connectivity index (χ3n) is 4.42. The van der Waals surface area contributed by atoms with Crippen molar-refractivity contribution in [1.29, 1.82) is 0 Å². The molecule has 0 radical (unpaired) electrons. The van der Waals surface area contributed by atoms with Gasteiger partial charge in [0.15, 0.2) is 11.5 Å². The van der Waals surface area contributed by atoms with Crippen LogP contribution in [0.4, 0.5) is 5.69 Å². The molecule has 3 aromatic carbocycles. The normalized spacial score (nSPS) is 10.4. The largest absolute Gasteiger partial charge is 0.489 e. The van der Waals surface area contributed by atoms with Crippen LogP contribution in [0.1, 0.15) is 35.3 Å². The summed E-state index contributed by atoms with van der Waals surface area (Å²) in [6.07, 6.45) is 0.966. The average molecular weight is 501 g/mol. The summed E-state index contributed by atoms with van der Waals surface area (Å²) in [6.45, 7) is 4.96. The highest BCUT2D eigenvalue weighted by Gasteiger charge is 2.16. The zero-order valence-electron chi connectivity index (χ0n) is 16.6. The Bertz CT molecular complexity index is 956. The van der Waals surface area contributed by atoms with Crippen molar-refractivity contribution in [3.8, 4) is 11.5 Å². The van der Waals surface area contributed by atoms with Crippen molar-refractivity contribution in [2.45, 2.75) is 26.9 Å². The average Bonchev–Trinajstić information content (AvgIpc) is 2.75. The van der Waals surface area contributed by atoms with Crippen LogP contribution in [-0.4, -0.2) is 12.5 Å². The highest BCUT2D eigenvalue weighted by Crippen LogP contribution is 2.35. The van der Waals surface area contributed by atoms with Crippen molar-refractivity contribution in [2.75, 3.05) is 11.9 Å². The molecule has 0 atom stereocenters. The van der Waals surface area contributed by atoms with Gasteiger partial charge in [-0.05, 0) is 71.3 Å². The fraction of sp³-hybridized carbons (Fsp3) is 0.208. The molecular formula is C24H24INO3. The zero-order chi connectivity index (χ0) is 20.6. The minimum Gasteiger partial charge on any atom is -0.489 e. The molecule has 0 aliphatic rings. The monoisotopic (exact) mass is 501 g/mol. The number of anilines is 1. The Balaban J connectivity index is 1.82. The lowest BCUT2D eigenvalue weighted by Gasteiger charge is -2.15. The van der Waals surface area contributed by atoms with Crippen LogP contribution >= 0.6 is 22.6 Å². The van der Waals surface area contributed by atoms with Crippen LogP contribution in [0.25, 0.3) is 0 Å². The number of nitrogens with one attached hydrogen (secondary N) is 1. The molecule has 0 aliphatic heterocycles. The molecule has 0 aromatic heterocycles. The van der Waals surface area contributed by atoms with Gasteiger partial charge in [0.05, 0.1) is 10.2 Å². The Morgan fingerprint density at radius 2 is 1.66 bits per heavy atom. The molecule has 5 heteroatoms. The summed E-state index contributed by atoms with van der Waals surface area (Å²) in [4.78, 5) is 12.8. The van der Waals surface area contributed by atoms with E-state index in [1.807, 2.05) is 67.6 Å². The summed E-state index contributed by atoms with van der Waals surface area (Å²) < 4.78 is 12.6. The lowest BCUT2D eigenvalue weighted by Crippen LogP contribution is -2.13. The Kier molecular flexibility index (Phi) is 7.52. The number of hydrogen-bond acceptors (Lipinski definition) is 3. The van der Waals surface area contributed by atoms with Gasteiger partial charge in [0.2, 0.25) is 0 Å². The maximum Gasteiger partial charge on any atom is 0.255 e. The molecule has 1 amide bonds. The van der Waals surface area contributed by atoms with Gasteiger partial charge in [-0.3, -0.25) is 4.79 Å². The Labute approximate surface area is 185 Å². The molecule has 0 saturated carbocycles. The van der Waals surface area contributed by atoms with Crippen LogP contribution in [0.5, 0.6) is 11.5 Å². The first-order valence-electron chi connectivity index (χ1n) is 9.64. The van der Waals surface area contributed by atoms with E-state index >= 15 is 0 Å². The van der Waals surface area contributed by atoms with Gasteiger partial charge >= 0.3 is 0 Å². The van der Waals surface area contributed by atoms with E-state index in [0.29, 0.717) is 30.3 Å². The number of carbonyl (C=O) groups is 1. The van der Waals surface area contributed by atoms with Gasteiger partial charge in [-0.1, -0.05) is 49.4 Å². The standard InChI is InChI=1S/C24H24INO3/c1-3-17-10-12-20(13-11-17)26-24(27)19-14-21(25)23(28-4-2)22(15-19)29-16-18-8-6-5-7-9-18/h5-15H,3-4,16H2,1-2H3,(H,26,27). The van der Waals surface area contributed by atoms with Gasteiger partial charge in [0.25, 0.3) is 5.91 Å². The number of amides is 1. The first kappa shape index (κ1) is 21.2. The minimum atomic E-state index is -0.181. The summed E-state index contributed by atoms with van der Waals surface area (Å²) in [5, 5.41) is 2.95. The quantitative estimate of drug-likeness (QED) is 0.381. The van der Waals surface area contributed by atoms with Gasteiger partial charge in [0, 0.05) is 11.3 Å². The summed E-state index contributed by atoms with van der Waals surface area (Å²) in [6, 6.07) is 21.4. The lowest BCUT2D eigenvalue weighted by atomic mass is 10.1. The molecule has 0 spiro atoms. The fourth-order valence-corrected chi connectivity index (χ4v) is 3.61. The first-order valence-corrected chi connectivity index (χ1v) is 10.7. The van der Waals surface area contributed by atoms with E-state index in [1.165, 1.54) is 5.56 Å². The molecule has 0 unspecified atom stereocenters. The molecule has 29 heavy (non-hydrogen) atoms. The molecule has 3 aromatic rings. The third-order valence-corrected chi connectivity index (χ3v) is 5.22. The number of benzene rings is 3. The van der Waals surface area contributed by atoms with Gasteiger partial charge in [-0.2, -0.15) is 0 Å².